The van der Waals surface area contributed by atoms with Crippen LogP contribution in [0.25, 0.3) is 5.69 Å². The Morgan fingerprint density at radius 2 is 2.19 bits per heavy atom. The molecule has 1 heterocycles. The molecule has 0 aliphatic rings. The first kappa shape index (κ1) is 15.2. The number of aromatic nitrogens is 2. The molecule has 1 aromatic carbocycles. The first-order chi connectivity index (χ1) is 10.0. The van der Waals surface area contributed by atoms with E-state index >= 15 is 0 Å². The van der Waals surface area contributed by atoms with Crippen LogP contribution in [0.2, 0.25) is 0 Å². The Morgan fingerprint density at radius 1 is 1.43 bits per heavy atom. The van der Waals surface area contributed by atoms with Crippen LogP contribution < -0.4 is 0 Å². The van der Waals surface area contributed by atoms with Crippen molar-refractivity contribution < 1.29 is 13.9 Å². The normalized spacial score (nSPS) is 10.9. The number of carbonyl (C=O) groups is 1. The Morgan fingerprint density at radius 3 is 2.81 bits per heavy atom. The molecule has 0 bridgehead atoms. The van der Waals surface area contributed by atoms with Gasteiger partial charge in [-0.05, 0) is 37.5 Å². The van der Waals surface area contributed by atoms with E-state index in [1.165, 1.54) is 16.8 Å². The molecular formula is C16H19FN2O2. The van der Waals surface area contributed by atoms with Crippen LogP contribution in [0.3, 0.4) is 0 Å². The summed E-state index contributed by atoms with van der Waals surface area (Å²) in [6, 6.07) is 6.10. The fourth-order valence-corrected chi connectivity index (χ4v) is 2.08. The van der Waals surface area contributed by atoms with Gasteiger partial charge >= 0.3 is 5.97 Å². The third-order valence-corrected chi connectivity index (χ3v) is 2.96. The van der Waals surface area contributed by atoms with Gasteiger partial charge in [0.15, 0.2) is 0 Å². The highest BCUT2D eigenvalue weighted by molar-refractivity contribution is 5.90. The van der Waals surface area contributed by atoms with Crippen LogP contribution in [0.5, 0.6) is 0 Å². The Balaban J connectivity index is 2.42. The van der Waals surface area contributed by atoms with Gasteiger partial charge in [-0.3, -0.25) is 0 Å². The van der Waals surface area contributed by atoms with Crippen molar-refractivity contribution in [1.29, 1.82) is 0 Å². The highest BCUT2D eigenvalue weighted by Gasteiger charge is 2.19. The number of esters is 1. The molecule has 2 rings (SSSR count). The van der Waals surface area contributed by atoms with Crippen LogP contribution in [-0.2, 0) is 11.2 Å². The molecular weight excluding hydrogens is 271 g/mol. The van der Waals surface area contributed by atoms with Gasteiger partial charge in [0, 0.05) is 6.20 Å². The minimum absolute atomic E-state index is 0.311. The van der Waals surface area contributed by atoms with Crippen LogP contribution in [0, 0.1) is 11.7 Å². The van der Waals surface area contributed by atoms with E-state index in [-0.39, 0.29) is 5.82 Å². The van der Waals surface area contributed by atoms with Gasteiger partial charge in [-0.25, -0.2) is 13.9 Å². The monoisotopic (exact) mass is 290 g/mol. The Hall–Kier alpha value is -2.17. The highest BCUT2D eigenvalue weighted by atomic mass is 19.1. The minimum atomic E-state index is -0.393. The van der Waals surface area contributed by atoms with Crippen molar-refractivity contribution >= 4 is 5.97 Å². The minimum Gasteiger partial charge on any atom is -0.462 e. The summed E-state index contributed by atoms with van der Waals surface area (Å²) in [5.41, 5.74) is 1.69. The summed E-state index contributed by atoms with van der Waals surface area (Å²) in [6.45, 7) is 6.17. The number of benzene rings is 1. The summed E-state index contributed by atoms with van der Waals surface area (Å²) in [4.78, 5) is 12.0. The lowest BCUT2D eigenvalue weighted by Crippen LogP contribution is -2.08. The van der Waals surface area contributed by atoms with Gasteiger partial charge in [-0.15, -0.1) is 0 Å². The molecule has 2 aromatic rings. The molecule has 5 heteroatoms. The van der Waals surface area contributed by atoms with Crippen molar-refractivity contribution in [2.24, 2.45) is 5.92 Å². The van der Waals surface area contributed by atoms with Gasteiger partial charge in [0.1, 0.15) is 11.4 Å². The van der Waals surface area contributed by atoms with Crippen molar-refractivity contribution in [3.63, 3.8) is 0 Å². The van der Waals surface area contributed by atoms with Gasteiger partial charge in [0.05, 0.1) is 18.0 Å². The lowest BCUT2D eigenvalue weighted by Gasteiger charge is -2.04. The molecule has 0 amide bonds. The molecule has 4 nitrogen and oxygen atoms in total. The van der Waals surface area contributed by atoms with E-state index in [9.17, 15) is 9.18 Å². The van der Waals surface area contributed by atoms with Gasteiger partial charge in [-0.2, -0.15) is 5.10 Å². The molecule has 0 aliphatic heterocycles. The number of hydrogen-bond acceptors (Lipinski definition) is 3. The predicted octanol–water partition coefficient (Wildman–Crippen LogP) is 3.39. The smallest absolute Gasteiger partial charge is 0.341 e. The molecule has 0 radical (unpaired) electrons. The van der Waals surface area contributed by atoms with E-state index in [1.807, 2.05) is 0 Å². The average molecular weight is 290 g/mol. The second-order valence-electron chi connectivity index (χ2n) is 5.23. The van der Waals surface area contributed by atoms with Crippen LogP contribution in [0.15, 0.2) is 30.5 Å². The highest BCUT2D eigenvalue weighted by Crippen LogP contribution is 2.17. The number of halogens is 1. The summed E-state index contributed by atoms with van der Waals surface area (Å²) in [5.74, 6) is -0.379. The molecule has 0 saturated heterocycles. The summed E-state index contributed by atoms with van der Waals surface area (Å²) in [6.07, 6.45) is 2.26. The van der Waals surface area contributed by atoms with Crippen molar-refractivity contribution in [3.8, 4) is 5.69 Å². The number of carbonyl (C=O) groups excluding carboxylic acids is 1. The third-order valence-electron chi connectivity index (χ3n) is 2.96. The van der Waals surface area contributed by atoms with Crippen LogP contribution >= 0.6 is 0 Å². The van der Waals surface area contributed by atoms with E-state index in [2.05, 4.69) is 18.9 Å². The molecule has 0 N–H and O–H groups in total. The summed E-state index contributed by atoms with van der Waals surface area (Å²) in [7, 11) is 0. The van der Waals surface area contributed by atoms with Gasteiger partial charge in [-0.1, -0.05) is 19.9 Å². The third kappa shape index (κ3) is 3.68. The van der Waals surface area contributed by atoms with E-state index < -0.39 is 5.97 Å². The van der Waals surface area contributed by atoms with Crippen molar-refractivity contribution in [2.75, 3.05) is 6.61 Å². The Labute approximate surface area is 123 Å². The summed E-state index contributed by atoms with van der Waals surface area (Å²) < 4.78 is 19.9. The average Bonchev–Trinajstić information content (AvgIpc) is 2.82. The van der Waals surface area contributed by atoms with Crippen LogP contribution in [0.4, 0.5) is 4.39 Å². The van der Waals surface area contributed by atoms with Gasteiger partial charge < -0.3 is 4.74 Å². The molecule has 0 unspecified atom stereocenters. The van der Waals surface area contributed by atoms with Crippen LogP contribution in [0.1, 0.15) is 36.8 Å². The Bertz CT molecular complexity index is 635. The molecule has 0 atom stereocenters. The fraction of sp³-hybridized carbons (Fsp3) is 0.375. The fourth-order valence-electron chi connectivity index (χ4n) is 2.08. The predicted molar refractivity (Wildman–Crippen MR) is 78.0 cm³/mol. The molecule has 21 heavy (non-hydrogen) atoms. The molecule has 0 fully saturated rings. The van der Waals surface area contributed by atoms with E-state index in [0.717, 1.165) is 0 Å². The topological polar surface area (TPSA) is 44.1 Å². The first-order valence-corrected chi connectivity index (χ1v) is 7.02. The molecule has 0 aliphatic carbocycles. The molecule has 1 aromatic heterocycles. The quantitative estimate of drug-likeness (QED) is 0.793. The molecule has 112 valence electrons. The summed E-state index contributed by atoms with van der Waals surface area (Å²) >= 11 is 0. The Kier molecular flexibility index (Phi) is 4.73. The second-order valence-corrected chi connectivity index (χ2v) is 5.23. The van der Waals surface area contributed by atoms with E-state index in [1.54, 1.807) is 25.3 Å². The lowest BCUT2D eigenvalue weighted by molar-refractivity contribution is 0.0525. The van der Waals surface area contributed by atoms with Crippen molar-refractivity contribution in [1.82, 2.24) is 9.78 Å². The van der Waals surface area contributed by atoms with E-state index in [0.29, 0.717) is 35.9 Å². The maximum absolute atomic E-state index is 13.3. The zero-order valence-corrected chi connectivity index (χ0v) is 12.5. The lowest BCUT2D eigenvalue weighted by atomic mass is 10.1. The number of rotatable bonds is 5. The van der Waals surface area contributed by atoms with E-state index in [4.69, 9.17) is 4.74 Å². The standard InChI is InChI=1S/C16H19FN2O2/c1-4-21-16(20)14-10-19(18-15(14)8-11(2)3)13-7-5-6-12(17)9-13/h5-7,9-11H,4,8H2,1-3H3. The van der Waals surface area contributed by atoms with Crippen molar-refractivity contribution in [3.05, 3.63) is 47.5 Å². The van der Waals surface area contributed by atoms with Crippen LogP contribution in [-0.4, -0.2) is 22.4 Å². The second kappa shape index (κ2) is 6.52. The van der Waals surface area contributed by atoms with Gasteiger partial charge in [0.25, 0.3) is 0 Å². The zero-order chi connectivity index (χ0) is 15.4. The maximum atomic E-state index is 13.3. The number of hydrogen-bond donors (Lipinski definition) is 0. The first-order valence-electron chi connectivity index (χ1n) is 7.02. The van der Waals surface area contributed by atoms with Gasteiger partial charge in [0.2, 0.25) is 0 Å². The number of nitrogens with zero attached hydrogens (tertiary/aromatic N) is 2. The molecule has 0 saturated carbocycles. The zero-order valence-electron chi connectivity index (χ0n) is 12.5. The SMILES string of the molecule is CCOC(=O)c1cn(-c2cccc(F)c2)nc1CC(C)C. The number of ether oxygens (including phenoxy) is 1. The maximum Gasteiger partial charge on any atom is 0.341 e. The largest absolute Gasteiger partial charge is 0.462 e. The molecule has 0 spiro atoms. The van der Waals surface area contributed by atoms with Crippen molar-refractivity contribution in [2.45, 2.75) is 27.2 Å². The summed E-state index contributed by atoms with van der Waals surface area (Å²) in [5, 5.41) is 4.41.